The molecule has 1 aliphatic heterocycles. The lowest BCUT2D eigenvalue weighted by molar-refractivity contribution is -0.137. The summed E-state index contributed by atoms with van der Waals surface area (Å²) in [6, 6.07) is 12.5. The second-order valence-electron chi connectivity index (χ2n) is 7.49. The molecular weight excluding hydrogens is 387 g/mol. The van der Waals surface area contributed by atoms with Crippen LogP contribution in [0.4, 0.5) is 22.0 Å². The summed E-state index contributed by atoms with van der Waals surface area (Å²) in [4.78, 5) is 0. The van der Waals surface area contributed by atoms with Gasteiger partial charge in [0.2, 0.25) is 0 Å². The maximum absolute atomic E-state index is 13.6. The molecule has 0 amide bonds. The quantitative estimate of drug-likeness (QED) is 0.609. The summed E-state index contributed by atoms with van der Waals surface area (Å²) in [7, 11) is 0. The SMILES string of the molecule is C=C(NCc1cc(C(C)(F)F)cc(C(F)(F)F)c1)[C@@H]1C[C@H](c2ccccc2)CN1. The lowest BCUT2D eigenvalue weighted by atomic mass is 9.95. The van der Waals surface area contributed by atoms with E-state index >= 15 is 0 Å². The molecule has 0 aliphatic carbocycles. The minimum absolute atomic E-state index is 0.0139. The van der Waals surface area contributed by atoms with Crippen LogP contribution >= 0.6 is 0 Å². The maximum atomic E-state index is 13.6. The first-order valence-corrected chi connectivity index (χ1v) is 9.34. The van der Waals surface area contributed by atoms with Gasteiger partial charge in [0.25, 0.3) is 5.92 Å². The highest BCUT2D eigenvalue weighted by Crippen LogP contribution is 2.35. The molecule has 1 aliphatic rings. The van der Waals surface area contributed by atoms with Gasteiger partial charge in [0.1, 0.15) is 0 Å². The van der Waals surface area contributed by atoms with E-state index in [1.165, 1.54) is 5.56 Å². The van der Waals surface area contributed by atoms with E-state index in [4.69, 9.17) is 0 Å². The van der Waals surface area contributed by atoms with Gasteiger partial charge in [0.15, 0.2) is 0 Å². The predicted octanol–water partition coefficient (Wildman–Crippen LogP) is 5.57. The summed E-state index contributed by atoms with van der Waals surface area (Å²) < 4.78 is 66.5. The Morgan fingerprint density at radius 1 is 1.07 bits per heavy atom. The molecule has 1 fully saturated rings. The molecule has 2 aromatic carbocycles. The molecule has 0 bridgehead atoms. The van der Waals surface area contributed by atoms with Crippen LogP contribution in [0.25, 0.3) is 0 Å². The number of nitrogens with one attached hydrogen (secondary N) is 2. The molecule has 2 nitrogen and oxygen atoms in total. The summed E-state index contributed by atoms with van der Waals surface area (Å²) in [5.41, 5.74) is 0.240. The van der Waals surface area contributed by atoms with Crippen molar-refractivity contribution in [2.24, 2.45) is 0 Å². The second-order valence-corrected chi connectivity index (χ2v) is 7.49. The van der Waals surface area contributed by atoms with Crippen LogP contribution in [-0.2, 0) is 18.6 Å². The predicted molar refractivity (Wildman–Crippen MR) is 103 cm³/mol. The minimum Gasteiger partial charge on any atom is -0.383 e. The number of benzene rings is 2. The lowest BCUT2D eigenvalue weighted by Gasteiger charge is -2.19. The lowest BCUT2D eigenvalue weighted by Crippen LogP contribution is -2.30. The Hall–Kier alpha value is -2.41. The van der Waals surface area contributed by atoms with Crippen LogP contribution in [0.1, 0.15) is 41.5 Å². The van der Waals surface area contributed by atoms with Gasteiger partial charge in [-0.25, -0.2) is 8.78 Å². The molecule has 2 aromatic rings. The standard InChI is InChI=1S/C22H23F5N2/c1-14(20-10-17(13-29-20)16-6-4-3-5-7-16)28-12-15-8-18(21(2,23)24)11-19(9-15)22(25,26)27/h3-9,11,17,20,28-29H,1,10,12-13H2,2H3/t17-,20-/m0/s1. The van der Waals surface area contributed by atoms with Gasteiger partial charge in [-0.15, -0.1) is 0 Å². The first-order chi connectivity index (χ1) is 13.5. The van der Waals surface area contributed by atoms with Crippen molar-refractivity contribution in [1.82, 2.24) is 10.6 Å². The van der Waals surface area contributed by atoms with Crippen molar-refractivity contribution in [3.05, 3.63) is 83.1 Å². The van der Waals surface area contributed by atoms with E-state index in [0.717, 1.165) is 25.1 Å². The highest BCUT2D eigenvalue weighted by atomic mass is 19.4. The van der Waals surface area contributed by atoms with Crippen LogP contribution in [0.5, 0.6) is 0 Å². The smallest absolute Gasteiger partial charge is 0.383 e. The first-order valence-electron chi connectivity index (χ1n) is 9.34. The van der Waals surface area contributed by atoms with Crippen molar-refractivity contribution in [3.63, 3.8) is 0 Å². The fourth-order valence-electron chi connectivity index (χ4n) is 3.53. The fourth-order valence-corrected chi connectivity index (χ4v) is 3.53. The summed E-state index contributed by atoms with van der Waals surface area (Å²) in [6.07, 6.45) is -3.89. The first kappa shape index (κ1) is 21.3. The van der Waals surface area contributed by atoms with Gasteiger partial charge in [-0.1, -0.05) is 36.9 Å². The number of hydrogen-bond acceptors (Lipinski definition) is 2. The fraction of sp³-hybridized carbons (Fsp3) is 0.364. The molecule has 1 saturated heterocycles. The molecule has 2 N–H and O–H groups in total. The van der Waals surface area contributed by atoms with Crippen LogP contribution in [0, 0.1) is 0 Å². The molecular formula is C22H23F5N2. The maximum Gasteiger partial charge on any atom is 0.416 e. The Bertz CT molecular complexity index is 823. The summed E-state index contributed by atoms with van der Waals surface area (Å²) >= 11 is 0. The van der Waals surface area contributed by atoms with Gasteiger partial charge in [0.05, 0.1) is 5.56 Å². The van der Waals surface area contributed by atoms with E-state index in [1.807, 2.05) is 18.2 Å². The zero-order chi connectivity index (χ0) is 21.2. The zero-order valence-corrected chi connectivity index (χ0v) is 16.0. The molecule has 0 spiro atoms. The Labute approximate surface area is 166 Å². The normalized spacial score (nSPS) is 19.9. The number of alkyl halides is 5. The van der Waals surface area contributed by atoms with Crippen molar-refractivity contribution in [2.45, 2.75) is 43.9 Å². The van der Waals surface area contributed by atoms with Gasteiger partial charge in [-0.3, -0.25) is 0 Å². The molecule has 156 valence electrons. The monoisotopic (exact) mass is 410 g/mol. The van der Waals surface area contributed by atoms with Crippen LogP contribution in [-0.4, -0.2) is 12.6 Å². The minimum atomic E-state index is -4.69. The van der Waals surface area contributed by atoms with Crippen LogP contribution in [0.2, 0.25) is 0 Å². The average Bonchev–Trinajstić information content (AvgIpc) is 3.15. The third kappa shape index (κ3) is 5.35. The van der Waals surface area contributed by atoms with Gasteiger partial charge in [-0.05, 0) is 41.7 Å². The van der Waals surface area contributed by atoms with E-state index in [0.29, 0.717) is 24.6 Å². The summed E-state index contributed by atoms with van der Waals surface area (Å²) in [5.74, 6) is -3.04. The Kier molecular flexibility index (Phi) is 5.98. The number of hydrogen-bond donors (Lipinski definition) is 2. The van der Waals surface area contributed by atoms with Crippen LogP contribution < -0.4 is 10.6 Å². The summed E-state index contributed by atoms with van der Waals surface area (Å²) in [6.45, 7) is 5.32. The average molecular weight is 410 g/mol. The highest BCUT2D eigenvalue weighted by Gasteiger charge is 2.34. The van der Waals surface area contributed by atoms with Crippen molar-refractivity contribution in [2.75, 3.05) is 6.54 Å². The van der Waals surface area contributed by atoms with Crippen molar-refractivity contribution in [3.8, 4) is 0 Å². The van der Waals surface area contributed by atoms with Crippen molar-refractivity contribution in [1.29, 1.82) is 0 Å². The van der Waals surface area contributed by atoms with Gasteiger partial charge in [-0.2, -0.15) is 13.2 Å². The molecule has 7 heteroatoms. The molecule has 2 atom stereocenters. The van der Waals surface area contributed by atoms with Crippen LogP contribution in [0.3, 0.4) is 0 Å². The number of rotatable bonds is 6. The van der Waals surface area contributed by atoms with E-state index in [1.54, 1.807) is 0 Å². The molecule has 1 heterocycles. The zero-order valence-electron chi connectivity index (χ0n) is 16.0. The molecule has 0 radical (unpaired) electrons. The molecule has 29 heavy (non-hydrogen) atoms. The molecule has 0 unspecified atom stereocenters. The highest BCUT2D eigenvalue weighted by molar-refractivity contribution is 5.34. The van der Waals surface area contributed by atoms with Crippen LogP contribution in [0.15, 0.2) is 60.8 Å². The Morgan fingerprint density at radius 3 is 2.34 bits per heavy atom. The topological polar surface area (TPSA) is 24.1 Å². The largest absolute Gasteiger partial charge is 0.416 e. The van der Waals surface area contributed by atoms with E-state index < -0.39 is 23.2 Å². The third-order valence-corrected chi connectivity index (χ3v) is 5.17. The van der Waals surface area contributed by atoms with Crippen molar-refractivity contribution < 1.29 is 22.0 Å². The molecule has 3 rings (SSSR count). The molecule has 0 saturated carbocycles. The Morgan fingerprint density at radius 2 is 1.72 bits per heavy atom. The van der Waals surface area contributed by atoms with E-state index in [9.17, 15) is 22.0 Å². The van der Waals surface area contributed by atoms with Gasteiger partial charge >= 0.3 is 6.18 Å². The van der Waals surface area contributed by atoms with E-state index in [2.05, 4.69) is 29.3 Å². The van der Waals surface area contributed by atoms with Gasteiger partial charge in [0, 0.05) is 37.3 Å². The van der Waals surface area contributed by atoms with Crippen molar-refractivity contribution >= 4 is 0 Å². The third-order valence-electron chi connectivity index (χ3n) is 5.17. The Balaban J connectivity index is 1.67. The molecule has 0 aromatic heterocycles. The second kappa shape index (κ2) is 8.14. The van der Waals surface area contributed by atoms with E-state index in [-0.39, 0.29) is 18.2 Å². The number of halogens is 5. The summed E-state index contributed by atoms with van der Waals surface area (Å²) in [5, 5.41) is 6.35. The van der Waals surface area contributed by atoms with Gasteiger partial charge < -0.3 is 10.6 Å².